The molecule has 7 heteroatoms. The van der Waals surface area contributed by atoms with Crippen LogP contribution in [0.25, 0.3) is 0 Å². The van der Waals surface area contributed by atoms with Crippen LogP contribution in [0.4, 0.5) is 0 Å². The lowest BCUT2D eigenvalue weighted by atomic mass is 9.92. The van der Waals surface area contributed by atoms with Gasteiger partial charge in [-0.25, -0.2) is 13.1 Å². The van der Waals surface area contributed by atoms with Crippen LogP contribution in [0.5, 0.6) is 0 Å². The number of carbonyl (C=O) groups excluding carboxylic acids is 1. The van der Waals surface area contributed by atoms with E-state index < -0.39 is 10.0 Å². The SMILES string of the molecule is CNC(C)CNC(=O)CCNS(=O)(=O)c1ccc2c(c1)CCCC2. The first kappa shape index (κ1) is 18.9. The Kier molecular flexibility index (Phi) is 6.77. The third-order valence-electron chi connectivity index (χ3n) is 4.37. The predicted octanol–water partition coefficient (Wildman–Crippen LogP) is 0.958. The van der Waals surface area contributed by atoms with E-state index >= 15 is 0 Å². The second kappa shape index (κ2) is 8.60. The van der Waals surface area contributed by atoms with E-state index in [0.717, 1.165) is 24.8 Å². The Morgan fingerprint density at radius 1 is 1.21 bits per heavy atom. The van der Waals surface area contributed by atoms with E-state index in [4.69, 9.17) is 0 Å². The topological polar surface area (TPSA) is 87.3 Å². The molecule has 0 bridgehead atoms. The molecule has 0 aliphatic heterocycles. The number of hydrogen-bond acceptors (Lipinski definition) is 4. The van der Waals surface area contributed by atoms with Crippen molar-refractivity contribution in [2.45, 2.75) is 50.0 Å². The number of carbonyl (C=O) groups is 1. The molecular weight excluding hydrogens is 326 g/mol. The second-order valence-corrected chi connectivity index (χ2v) is 8.05. The van der Waals surface area contributed by atoms with Gasteiger partial charge in [-0.15, -0.1) is 0 Å². The second-order valence-electron chi connectivity index (χ2n) is 6.28. The van der Waals surface area contributed by atoms with Gasteiger partial charge in [-0.05, 0) is 62.9 Å². The van der Waals surface area contributed by atoms with Gasteiger partial charge in [0.05, 0.1) is 4.90 Å². The lowest BCUT2D eigenvalue weighted by molar-refractivity contribution is -0.121. The lowest BCUT2D eigenvalue weighted by Gasteiger charge is -2.17. The van der Waals surface area contributed by atoms with Gasteiger partial charge >= 0.3 is 0 Å². The average Bonchev–Trinajstić information content (AvgIpc) is 2.59. The quantitative estimate of drug-likeness (QED) is 0.650. The highest BCUT2D eigenvalue weighted by Crippen LogP contribution is 2.23. The van der Waals surface area contributed by atoms with E-state index in [1.807, 2.05) is 20.0 Å². The number of rotatable bonds is 8. The Morgan fingerprint density at radius 3 is 2.62 bits per heavy atom. The first-order valence-corrected chi connectivity index (χ1v) is 9.96. The van der Waals surface area contributed by atoms with Crippen molar-refractivity contribution in [2.24, 2.45) is 0 Å². The van der Waals surface area contributed by atoms with Gasteiger partial charge in [0.2, 0.25) is 15.9 Å². The highest BCUT2D eigenvalue weighted by Gasteiger charge is 2.17. The largest absolute Gasteiger partial charge is 0.355 e. The van der Waals surface area contributed by atoms with Crippen LogP contribution in [0.15, 0.2) is 23.1 Å². The summed E-state index contributed by atoms with van der Waals surface area (Å²) in [6.07, 6.45) is 4.35. The summed E-state index contributed by atoms with van der Waals surface area (Å²) >= 11 is 0. The fourth-order valence-corrected chi connectivity index (χ4v) is 3.80. The third kappa shape index (κ3) is 5.29. The number of likely N-dealkylation sites (N-methyl/N-ethyl adjacent to an activating group) is 1. The van der Waals surface area contributed by atoms with Crippen LogP contribution in [-0.2, 0) is 27.7 Å². The van der Waals surface area contributed by atoms with Crippen LogP contribution >= 0.6 is 0 Å². The molecule has 0 heterocycles. The minimum atomic E-state index is -3.57. The van der Waals surface area contributed by atoms with Gasteiger partial charge in [-0.2, -0.15) is 0 Å². The molecule has 0 fully saturated rings. The smallest absolute Gasteiger partial charge is 0.240 e. The molecule has 1 atom stereocenters. The van der Waals surface area contributed by atoms with Gasteiger partial charge in [0.1, 0.15) is 0 Å². The van der Waals surface area contributed by atoms with Crippen molar-refractivity contribution >= 4 is 15.9 Å². The maximum absolute atomic E-state index is 12.4. The van der Waals surface area contributed by atoms with Crippen molar-refractivity contribution in [3.63, 3.8) is 0 Å². The first-order valence-electron chi connectivity index (χ1n) is 8.48. The lowest BCUT2D eigenvalue weighted by Crippen LogP contribution is -2.38. The van der Waals surface area contributed by atoms with Crippen molar-refractivity contribution in [2.75, 3.05) is 20.1 Å². The summed E-state index contributed by atoms with van der Waals surface area (Å²) in [4.78, 5) is 12.0. The number of fused-ring (bicyclic) bond motifs is 1. The maximum Gasteiger partial charge on any atom is 0.240 e. The Morgan fingerprint density at radius 2 is 1.92 bits per heavy atom. The summed E-state index contributed by atoms with van der Waals surface area (Å²) in [5.74, 6) is -0.162. The van der Waals surface area contributed by atoms with Crippen molar-refractivity contribution in [1.29, 1.82) is 0 Å². The van der Waals surface area contributed by atoms with E-state index in [1.165, 1.54) is 12.0 Å². The Labute approximate surface area is 144 Å². The van der Waals surface area contributed by atoms with Gasteiger partial charge in [0.15, 0.2) is 0 Å². The number of aryl methyl sites for hydroxylation is 2. The molecule has 1 aliphatic rings. The highest BCUT2D eigenvalue weighted by molar-refractivity contribution is 7.89. The fourth-order valence-electron chi connectivity index (χ4n) is 2.72. The summed E-state index contributed by atoms with van der Waals surface area (Å²) in [7, 11) is -1.74. The molecule has 1 aromatic carbocycles. The van der Waals surface area contributed by atoms with Crippen LogP contribution < -0.4 is 15.4 Å². The molecular formula is C17H27N3O3S. The third-order valence-corrected chi connectivity index (χ3v) is 5.83. The zero-order valence-corrected chi connectivity index (χ0v) is 15.2. The van der Waals surface area contributed by atoms with Crippen LogP contribution in [0.3, 0.4) is 0 Å². The molecule has 1 aliphatic carbocycles. The molecule has 1 aromatic rings. The standard InChI is InChI=1S/C17H27N3O3S/c1-13(18-2)12-19-17(21)9-10-20-24(22,23)16-8-7-14-5-3-4-6-15(14)11-16/h7-8,11,13,18,20H,3-6,9-10,12H2,1-2H3,(H,19,21). The number of sulfonamides is 1. The van der Waals surface area contributed by atoms with Crippen molar-refractivity contribution in [3.8, 4) is 0 Å². The Balaban J connectivity index is 1.86. The van der Waals surface area contributed by atoms with Crippen LogP contribution in [0.1, 0.15) is 37.3 Å². The Hall–Kier alpha value is -1.44. The molecule has 1 unspecified atom stereocenters. The van der Waals surface area contributed by atoms with Gasteiger partial charge < -0.3 is 10.6 Å². The van der Waals surface area contributed by atoms with Gasteiger partial charge in [-0.3, -0.25) is 4.79 Å². The monoisotopic (exact) mass is 353 g/mol. The predicted molar refractivity (Wildman–Crippen MR) is 94.4 cm³/mol. The van der Waals surface area contributed by atoms with Crippen molar-refractivity contribution in [1.82, 2.24) is 15.4 Å². The van der Waals surface area contributed by atoms with E-state index in [2.05, 4.69) is 15.4 Å². The first-order chi connectivity index (χ1) is 11.4. The van der Waals surface area contributed by atoms with Crippen LogP contribution in [0.2, 0.25) is 0 Å². The normalized spacial score (nSPS) is 15.6. The molecule has 134 valence electrons. The zero-order valence-electron chi connectivity index (χ0n) is 14.4. The van der Waals surface area contributed by atoms with Crippen LogP contribution in [0, 0.1) is 0 Å². The highest BCUT2D eigenvalue weighted by atomic mass is 32.2. The molecule has 0 spiro atoms. The van der Waals surface area contributed by atoms with E-state index in [-0.39, 0.29) is 29.8 Å². The van der Waals surface area contributed by atoms with E-state index in [0.29, 0.717) is 6.54 Å². The van der Waals surface area contributed by atoms with E-state index in [1.54, 1.807) is 12.1 Å². The molecule has 0 saturated heterocycles. The van der Waals surface area contributed by atoms with Crippen molar-refractivity contribution < 1.29 is 13.2 Å². The van der Waals surface area contributed by atoms with Crippen LogP contribution in [-0.4, -0.2) is 40.5 Å². The summed E-state index contributed by atoms with van der Waals surface area (Å²) in [5, 5.41) is 5.78. The summed E-state index contributed by atoms with van der Waals surface area (Å²) < 4.78 is 27.2. The number of nitrogens with one attached hydrogen (secondary N) is 3. The molecule has 0 saturated carbocycles. The summed E-state index contributed by atoms with van der Waals surface area (Å²) in [5.41, 5.74) is 2.38. The average molecular weight is 353 g/mol. The fraction of sp³-hybridized carbons (Fsp3) is 0.588. The Bertz CT molecular complexity index is 674. The number of amides is 1. The molecule has 1 amide bonds. The van der Waals surface area contributed by atoms with Gasteiger partial charge in [-0.1, -0.05) is 6.07 Å². The summed E-state index contributed by atoms with van der Waals surface area (Å²) in [6, 6.07) is 5.52. The summed E-state index contributed by atoms with van der Waals surface area (Å²) in [6.45, 7) is 2.57. The molecule has 24 heavy (non-hydrogen) atoms. The minimum absolute atomic E-state index is 0.0964. The maximum atomic E-state index is 12.4. The van der Waals surface area contributed by atoms with Gasteiger partial charge in [0, 0.05) is 25.6 Å². The van der Waals surface area contributed by atoms with Crippen molar-refractivity contribution in [3.05, 3.63) is 29.3 Å². The number of hydrogen-bond donors (Lipinski definition) is 3. The van der Waals surface area contributed by atoms with Gasteiger partial charge in [0.25, 0.3) is 0 Å². The number of benzene rings is 1. The molecule has 6 nitrogen and oxygen atoms in total. The minimum Gasteiger partial charge on any atom is -0.355 e. The molecule has 3 N–H and O–H groups in total. The molecule has 0 aromatic heterocycles. The molecule has 0 radical (unpaired) electrons. The molecule has 2 rings (SSSR count). The zero-order chi connectivity index (χ0) is 17.6. The van der Waals surface area contributed by atoms with E-state index in [9.17, 15) is 13.2 Å².